The van der Waals surface area contributed by atoms with Gasteiger partial charge in [-0.05, 0) is 66.0 Å². The zero-order valence-electron chi connectivity index (χ0n) is 21.7. The van der Waals surface area contributed by atoms with Crippen LogP contribution in [0.25, 0.3) is 60.1 Å². The second-order valence-corrected chi connectivity index (χ2v) is 10.9. The maximum Gasteiger partial charge on any atom is 0.224 e. The summed E-state index contributed by atoms with van der Waals surface area (Å²) in [5.41, 5.74) is 12.0. The highest BCUT2D eigenvalue weighted by atomic mass is 15.0. The molecule has 0 radical (unpaired) electrons. The molecule has 176 valence electrons. The summed E-state index contributed by atoms with van der Waals surface area (Å²) in [5, 5.41) is 6.73. The first-order valence-electron chi connectivity index (χ1n) is 13.0. The van der Waals surface area contributed by atoms with Crippen molar-refractivity contribution in [3.8, 4) is 11.1 Å². The molecule has 0 saturated heterocycles. The minimum atomic E-state index is 0.607. The van der Waals surface area contributed by atoms with Gasteiger partial charge in [0.25, 0.3) is 0 Å². The van der Waals surface area contributed by atoms with Gasteiger partial charge in [0.15, 0.2) is 6.20 Å². The van der Waals surface area contributed by atoms with Gasteiger partial charge in [0.1, 0.15) is 7.05 Å². The van der Waals surface area contributed by atoms with E-state index in [2.05, 4.69) is 123 Å². The van der Waals surface area contributed by atoms with E-state index in [0.29, 0.717) is 5.92 Å². The smallest absolute Gasteiger partial charge is 0.224 e. The summed E-state index contributed by atoms with van der Waals surface area (Å²) >= 11 is 0. The highest BCUT2D eigenvalue weighted by Crippen LogP contribution is 2.44. The summed E-state index contributed by atoms with van der Waals surface area (Å²) in [6.07, 6.45) is 3.31. The SMILES string of the molecule is Cc1cc2c3cccc(-c4ccccc4)c3n3c4cc(CC(C)C)cc5cc[n+](C)c(c(c1C)c23)c54. The van der Waals surface area contributed by atoms with Crippen molar-refractivity contribution >= 4 is 49.0 Å². The van der Waals surface area contributed by atoms with Gasteiger partial charge in [-0.15, -0.1) is 0 Å². The standard InChI is InChI=1S/C34H31N2/c1-20(2)16-23-18-25-14-15-35(5)34-30-22(4)21(3)17-28-27-13-9-12-26(24-10-7-6-8-11-24)32(27)36(33(28)30)29(19-23)31(25)34/h6-15,17-20H,16H2,1-5H3/q+1. The summed E-state index contributed by atoms with van der Waals surface area (Å²) in [4.78, 5) is 0. The highest BCUT2D eigenvalue weighted by molar-refractivity contribution is 6.27. The number of aryl methyl sites for hydroxylation is 3. The summed E-state index contributed by atoms with van der Waals surface area (Å²) in [6, 6.07) is 27.3. The minimum Gasteiger partial charge on any atom is -0.307 e. The Labute approximate surface area is 211 Å². The van der Waals surface area contributed by atoms with E-state index in [1.165, 1.54) is 76.8 Å². The normalized spacial score (nSPS) is 12.4. The van der Waals surface area contributed by atoms with Gasteiger partial charge in [-0.25, -0.2) is 4.57 Å². The first kappa shape index (κ1) is 21.4. The van der Waals surface area contributed by atoms with Gasteiger partial charge in [-0.2, -0.15) is 0 Å². The van der Waals surface area contributed by atoms with Crippen molar-refractivity contribution in [2.24, 2.45) is 13.0 Å². The van der Waals surface area contributed by atoms with Crippen molar-refractivity contribution in [2.75, 3.05) is 0 Å². The molecule has 0 aliphatic rings. The number of pyridine rings is 2. The second kappa shape index (κ2) is 7.54. The topological polar surface area (TPSA) is 8.29 Å². The Morgan fingerprint density at radius 2 is 1.61 bits per heavy atom. The average molecular weight is 468 g/mol. The monoisotopic (exact) mass is 467 g/mol. The minimum absolute atomic E-state index is 0.607. The van der Waals surface area contributed by atoms with Crippen LogP contribution in [0.2, 0.25) is 0 Å². The van der Waals surface area contributed by atoms with E-state index >= 15 is 0 Å². The van der Waals surface area contributed by atoms with E-state index in [1.807, 2.05) is 0 Å². The predicted octanol–water partition coefficient (Wildman–Crippen LogP) is 8.30. The fourth-order valence-corrected chi connectivity index (χ4v) is 6.44. The lowest BCUT2D eigenvalue weighted by atomic mass is 9.94. The van der Waals surface area contributed by atoms with E-state index in [9.17, 15) is 0 Å². The number of benzene rings is 4. The molecular formula is C34H31N2+. The van der Waals surface area contributed by atoms with E-state index in [1.54, 1.807) is 0 Å². The van der Waals surface area contributed by atoms with Gasteiger partial charge in [-0.3, -0.25) is 0 Å². The largest absolute Gasteiger partial charge is 0.307 e. The molecule has 4 aromatic carbocycles. The number of nitrogens with zero attached hydrogens (tertiary/aromatic N) is 2. The summed E-state index contributed by atoms with van der Waals surface area (Å²) in [6.45, 7) is 9.17. The molecular weight excluding hydrogens is 436 g/mol. The van der Waals surface area contributed by atoms with Gasteiger partial charge in [0, 0.05) is 22.4 Å². The predicted molar refractivity (Wildman–Crippen MR) is 153 cm³/mol. The van der Waals surface area contributed by atoms with Crippen molar-refractivity contribution in [1.82, 2.24) is 4.40 Å². The molecule has 0 amide bonds. The lowest BCUT2D eigenvalue weighted by Gasteiger charge is -2.16. The summed E-state index contributed by atoms with van der Waals surface area (Å²) < 4.78 is 4.92. The van der Waals surface area contributed by atoms with Gasteiger partial charge in [0.2, 0.25) is 5.52 Å². The van der Waals surface area contributed by atoms with Crippen LogP contribution in [0.4, 0.5) is 0 Å². The molecule has 36 heavy (non-hydrogen) atoms. The molecule has 0 atom stereocenters. The zero-order chi connectivity index (χ0) is 24.7. The summed E-state index contributed by atoms with van der Waals surface area (Å²) in [7, 11) is 2.20. The van der Waals surface area contributed by atoms with Crippen LogP contribution in [-0.4, -0.2) is 4.40 Å². The van der Waals surface area contributed by atoms with E-state index in [0.717, 1.165) is 6.42 Å². The van der Waals surface area contributed by atoms with Gasteiger partial charge < -0.3 is 4.40 Å². The molecule has 0 aliphatic heterocycles. The molecule has 0 spiro atoms. The molecule has 0 saturated carbocycles. The number of para-hydroxylation sites is 1. The lowest BCUT2D eigenvalue weighted by molar-refractivity contribution is -0.643. The number of hydrogen-bond donors (Lipinski definition) is 0. The molecule has 7 aromatic rings. The van der Waals surface area contributed by atoms with Gasteiger partial charge in [0.05, 0.1) is 27.3 Å². The average Bonchev–Trinajstić information content (AvgIpc) is 3.20. The zero-order valence-corrected chi connectivity index (χ0v) is 21.7. The quantitative estimate of drug-likeness (QED) is 0.140. The number of fused-ring (bicyclic) bond motifs is 5. The van der Waals surface area contributed by atoms with E-state index < -0.39 is 0 Å². The van der Waals surface area contributed by atoms with Crippen LogP contribution in [0.3, 0.4) is 0 Å². The van der Waals surface area contributed by atoms with E-state index in [-0.39, 0.29) is 0 Å². The molecule has 7 rings (SSSR count). The molecule has 0 unspecified atom stereocenters. The maximum atomic E-state index is 2.59. The highest BCUT2D eigenvalue weighted by Gasteiger charge is 2.26. The first-order chi connectivity index (χ1) is 17.4. The second-order valence-electron chi connectivity index (χ2n) is 10.9. The molecule has 3 heterocycles. The van der Waals surface area contributed by atoms with Crippen molar-refractivity contribution in [1.29, 1.82) is 0 Å². The third-order valence-corrected chi connectivity index (χ3v) is 8.07. The third-order valence-electron chi connectivity index (χ3n) is 8.07. The fourth-order valence-electron chi connectivity index (χ4n) is 6.44. The Morgan fingerprint density at radius 3 is 2.39 bits per heavy atom. The molecule has 3 aromatic heterocycles. The molecule has 2 heteroatoms. The van der Waals surface area contributed by atoms with Crippen molar-refractivity contribution < 1.29 is 4.57 Å². The molecule has 2 nitrogen and oxygen atoms in total. The van der Waals surface area contributed by atoms with Crippen LogP contribution in [0.5, 0.6) is 0 Å². The van der Waals surface area contributed by atoms with Crippen molar-refractivity contribution in [3.05, 3.63) is 95.7 Å². The van der Waals surface area contributed by atoms with Gasteiger partial charge in [-0.1, -0.05) is 68.4 Å². The fraction of sp³-hybridized carbons (Fsp3) is 0.206. The van der Waals surface area contributed by atoms with Gasteiger partial charge >= 0.3 is 0 Å². The Morgan fingerprint density at radius 1 is 0.806 bits per heavy atom. The van der Waals surface area contributed by atoms with Crippen LogP contribution in [0.1, 0.15) is 30.5 Å². The Balaban J connectivity index is 1.85. The Hall–Kier alpha value is -3.91. The Bertz CT molecular complexity index is 1960. The molecule has 0 aliphatic carbocycles. The van der Waals surface area contributed by atoms with E-state index in [4.69, 9.17) is 0 Å². The van der Waals surface area contributed by atoms with Crippen LogP contribution in [0.15, 0.2) is 79.0 Å². The van der Waals surface area contributed by atoms with Crippen molar-refractivity contribution in [3.63, 3.8) is 0 Å². The third kappa shape index (κ3) is 2.82. The Kier molecular flexibility index (Phi) is 4.48. The number of hydrogen-bond acceptors (Lipinski definition) is 0. The van der Waals surface area contributed by atoms with Crippen LogP contribution in [-0.2, 0) is 13.5 Å². The van der Waals surface area contributed by atoms with Crippen LogP contribution < -0.4 is 4.57 Å². The van der Waals surface area contributed by atoms with Crippen molar-refractivity contribution in [2.45, 2.75) is 34.1 Å². The molecule has 0 N–H and O–H groups in total. The number of rotatable bonds is 3. The summed E-state index contributed by atoms with van der Waals surface area (Å²) in [5.74, 6) is 0.607. The number of aromatic nitrogens is 2. The van der Waals surface area contributed by atoms with Crippen LogP contribution >= 0.6 is 0 Å². The lowest BCUT2D eigenvalue weighted by Crippen LogP contribution is -2.29. The molecule has 0 fully saturated rings. The van der Waals surface area contributed by atoms with Crippen LogP contribution in [0, 0.1) is 19.8 Å². The maximum absolute atomic E-state index is 2.59. The first-order valence-corrected chi connectivity index (χ1v) is 13.0. The molecule has 0 bridgehead atoms.